The van der Waals surface area contributed by atoms with Crippen LogP contribution < -0.4 is 0 Å². The van der Waals surface area contributed by atoms with Crippen LogP contribution in [-0.2, 0) is 9.53 Å². The van der Waals surface area contributed by atoms with E-state index in [0.29, 0.717) is 6.61 Å². The van der Waals surface area contributed by atoms with Crippen LogP contribution in [0.4, 0.5) is 0 Å². The molecular formula is C11H20O2. The Morgan fingerprint density at radius 2 is 1.92 bits per heavy atom. The van der Waals surface area contributed by atoms with Crippen molar-refractivity contribution in [3.05, 3.63) is 0 Å². The van der Waals surface area contributed by atoms with Crippen molar-refractivity contribution < 1.29 is 9.53 Å². The fourth-order valence-corrected chi connectivity index (χ4v) is 1.82. The minimum absolute atomic E-state index is 0.0359. The summed E-state index contributed by atoms with van der Waals surface area (Å²) < 4.78 is 5.13. The lowest BCUT2D eigenvalue weighted by Crippen LogP contribution is -2.23. The normalized spacial score (nSPS) is 28.5. The van der Waals surface area contributed by atoms with E-state index in [2.05, 4.69) is 6.92 Å². The Kier molecular flexibility index (Phi) is 4.26. The number of carbonyl (C=O) groups excluding carboxylic acids is 1. The summed E-state index contributed by atoms with van der Waals surface area (Å²) in [6, 6.07) is 0. The maximum absolute atomic E-state index is 11.4. The van der Waals surface area contributed by atoms with Crippen LogP contribution in [0.3, 0.4) is 0 Å². The highest BCUT2D eigenvalue weighted by Gasteiger charge is 2.25. The molecule has 76 valence electrons. The molecule has 1 rings (SSSR count). The highest BCUT2D eigenvalue weighted by molar-refractivity contribution is 5.72. The predicted octanol–water partition coefficient (Wildman–Crippen LogP) is 2.77. The van der Waals surface area contributed by atoms with Crippen molar-refractivity contribution in [1.29, 1.82) is 0 Å². The number of hydrogen-bond donors (Lipinski definition) is 0. The second-order valence-corrected chi connectivity index (χ2v) is 4.12. The van der Waals surface area contributed by atoms with E-state index in [9.17, 15) is 4.79 Å². The van der Waals surface area contributed by atoms with Crippen LogP contribution in [0, 0.1) is 11.8 Å². The van der Waals surface area contributed by atoms with E-state index >= 15 is 0 Å². The summed E-state index contributed by atoms with van der Waals surface area (Å²) >= 11 is 0. The minimum Gasteiger partial charge on any atom is -0.465 e. The summed E-state index contributed by atoms with van der Waals surface area (Å²) in [6.07, 6.45) is 5.36. The Bertz CT molecular complexity index is 157. The van der Waals surface area contributed by atoms with Gasteiger partial charge in [0, 0.05) is 0 Å². The molecule has 0 radical (unpaired) electrons. The average molecular weight is 184 g/mol. The lowest BCUT2D eigenvalue weighted by molar-refractivity contribution is -0.149. The molecule has 1 saturated carbocycles. The first-order chi connectivity index (χ1) is 6.24. The Balaban J connectivity index is 2.23. The van der Waals surface area contributed by atoms with Crippen molar-refractivity contribution in [2.45, 2.75) is 46.0 Å². The van der Waals surface area contributed by atoms with Gasteiger partial charge in [-0.3, -0.25) is 4.79 Å². The first-order valence-electron chi connectivity index (χ1n) is 5.40. The van der Waals surface area contributed by atoms with Gasteiger partial charge in [-0.15, -0.1) is 0 Å². The van der Waals surface area contributed by atoms with Crippen molar-refractivity contribution in [1.82, 2.24) is 0 Å². The van der Waals surface area contributed by atoms with Gasteiger partial charge in [-0.25, -0.2) is 0 Å². The van der Waals surface area contributed by atoms with E-state index in [1.807, 2.05) is 6.92 Å². The molecule has 0 bridgehead atoms. The second-order valence-electron chi connectivity index (χ2n) is 4.12. The molecule has 0 N–H and O–H groups in total. The zero-order chi connectivity index (χ0) is 9.68. The molecule has 2 heteroatoms. The summed E-state index contributed by atoms with van der Waals surface area (Å²) in [7, 11) is 0. The third kappa shape index (κ3) is 3.37. The Labute approximate surface area is 80.7 Å². The molecule has 1 aliphatic rings. The lowest BCUT2D eigenvalue weighted by Gasteiger charge is -2.24. The zero-order valence-corrected chi connectivity index (χ0v) is 8.71. The standard InChI is InChI=1S/C11H20O2/c1-3-8-13-11(12)10-6-4-9(2)5-7-10/h9-10H,3-8H2,1-2H3. The van der Waals surface area contributed by atoms with E-state index in [1.54, 1.807) is 0 Å². The minimum atomic E-state index is 0.0359. The zero-order valence-electron chi connectivity index (χ0n) is 8.71. The van der Waals surface area contributed by atoms with Crippen molar-refractivity contribution in [2.75, 3.05) is 6.61 Å². The Morgan fingerprint density at radius 1 is 1.31 bits per heavy atom. The molecule has 0 saturated heterocycles. The molecule has 0 spiro atoms. The van der Waals surface area contributed by atoms with Gasteiger partial charge in [0.15, 0.2) is 0 Å². The molecule has 0 unspecified atom stereocenters. The summed E-state index contributed by atoms with van der Waals surface area (Å²) in [5.74, 6) is 1.03. The molecule has 0 amide bonds. The third-order valence-corrected chi connectivity index (χ3v) is 2.80. The van der Waals surface area contributed by atoms with Crippen LogP contribution in [0.15, 0.2) is 0 Å². The SMILES string of the molecule is CCCOC(=O)C1CCC(C)CC1. The van der Waals surface area contributed by atoms with Crippen LogP contribution in [0.2, 0.25) is 0 Å². The van der Waals surface area contributed by atoms with Crippen molar-refractivity contribution in [3.63, 3.8) is 0 Å². The van der Waals surface area contributed by atoms with Gasteiger partial charge in [-0.2, -0.15) is 0 Å². The molecule has 0 heterocycles. The third-order valence-electron chi connectivity index (χ3n) is 2.80. The van der Waals surface area contributed by atoms with E-state index in [4.69, 9.17) is 4.74 Å². The van der Waals surface area contributed by atoms with Crippen LogP contribution in [-0.4, -0.2) is 12.6 Å². The molecule has 13 heavy (non-hydrogen) atoms. The predicted molar refractivity (Wildman–Crippen MR) is 52.4 cm³/mol. The van der Waals surface area contributed by atoms with Crippen LogP contribution in [0.25, 0.3) is 0 Å². The molecular weight excluding hydrogens is 164 g/mol. The van der Waals surface area contributed by atoms with Gasteiger partial charge in [-0.1, -0.05) is 13.8 Å². The number of ether oxygens (including phenoxy) is 1. The molecule has 0 aromatic carbocycles. The Morgan fingerprint density at radius 3 is 2.46 bits per heavy atom. The van der Waals surface area contributed by atoms with E-state index in [1.165, 1.54) is 12.8 Å². The van der Waals surface area contributed by atoms with E-state index < -0.39 is 0 Å². The van der Waals surface area contributed by atoms with Gasteiger partial charge in [0.2, 0.25) is 0 Å². The molecule has 2 nitrogen and oxygen atoms in total. The Hall–Kier alpha value is -0.530. The quantitative estimate of drug-likeness (QED) is 0.630. The van der Waals surface area contributed by atoms with Crippen molar-refractivity contribution in [3.8, 4) is 0 Å². The van der Waals surface area contributed by atoms with Gasteiger partial charge < -0.3 is 4.74 Å². The van der Waals surface area contributed by atoms with E-state index in [-0.39, 0.29) is 11.9 Å². The highest BCUT2D eigenvalue weighted by Crippen LogP contribution is 2.28. The molecule has 1 fully saturated rings. The van der Waals surface area contributed by atoms with Crippen molar-refractivity contribution in [2.24, 2.45) is 11.8 Å². The van der Waals surface area contributed by atoms with Gasteiger partial charge >= 0.3 is 5.97 Å². The van der Waals surface area contributed by atoms with Crippen LogP contribution >= 0.6 is 0 Å². The van der Waals surface area contributed by atoms with Gasteiger partial charge in [-0.05, 0) is 38.0 Å². The highest BCUT2D eigenvalue weighted by atomic mass is 16.5. The molecule has 0 aromatic rings. The second kappa shape index (κ2) is 5.25. The van der Waals surface area contributed by atoms with Crippen LogP contribution in [0.5, 0.6) is 0 Å². The maximum Gasteiger partial charge on any atom is 0.308 e. The maximum atomic E-state index is 11.4. The summed E-state index contributed by atoms with van der Waals surface area (Å²) in [4.78, 5) is 11.4. The molecule has 0 aromatic heterocycles. The van der Waals surface area contributed by atoms with Gasteiger partial charge in [0.05, 0.1) is 12.5 Å². The molecule has 0 atom stereocenters. The summed E-state index contributed by atoms with van der Waals surface area (Å²) in [5, 5.41) is 0. The first kappa shape index (κ1) is 10.6. The van der Waals surface area contributed by atoms with Crippen molar-refractivity contribution >= 4 is 5.97 Å². The first-order valence-corrected chi connectivity index (χ1v) is 5.40. The van der Waals surface area contributed by atoms with Gasteiger partial charge in [0.1, 0.15) is 0 Å². The number of rotatable bonds is 3. The summed E-state index contributed by atoms with van der Waals surface area (Å²) in [5.41, 5.74) is 0. The fraction of sp³-hybridized carbons (Fsp3) is 0.909. The average Bonchev–Trinajstić information content (AvgIpc) is 2.15. The smallest absolute Gasteiger partial charge is 0.308 e. The number of hydrogen-bond acceptors (Lipinski definition) is 2. The summed E-state index contributed by atoms with van der Waals surface area (Å²) in [6.45, 7) is 4.87. The lowest BCUT2D eigenvalue weighted by atomic mass is 9.83. The number of carbonyl (C=O) groups is 1. The molecule has 0 aliphatic heterocycles. The van der Waals surface area contributed by atoms with E-state index in [0.717, 1.165) is 25.2 Å². The molecule has 1 aliphatic carbocycles. The monoisotopic (exact) mass is 184 g/mol. The largest absolute Gasteiger partial charge is 0.465 e. The van der Waals surface area contributed by atoms with Gasteiger partial charge in [0.25, 0.3) is 0 Å². The number of esters is 1. The topological polar surface area (TPSA) is 26.3 Å². The fourth-order valence-electron chi connectivity index (χ4n) is 1.82. The van der Waals surface area contributed by atoms with Crippen LogP contribution in [0.1, 0.15) is 46.0 Å².